The summed E-state index contributed by atoms with van der Waals surface area (Å²) in [7, 11) is 0. The molecule has 1 fully saturated rings. The average Bonchev–Trinajstić information content (AvgIpc) is 2.18. The third-order valence-electron chi connectivity index (χ3n) is 2.31. The van der Waals surface area contributed by atoms with Crippen LogP contribution in [0.25, 0.3) is 0 Å². The van der Waals surface area contributed by atoms with Crippen LogP contribution < -0.4 is 11.1 Å². The molecule has 62 valence electrons. The third-order valence-corrected chi connectivity index (χ3v) is 2.31. The molecular weight excluding hydrogens is 138 g/mol. The van der Waals surface area contributed by atoms with Crippen LogP contribution in [-0.2, 0) is 0 Å². The lowest BCUT2D eigenvalue weighted by atomic mass is 9.93. The Labute approximate surface area is 67.6 Å². The first kappa shape index (κ1) is 8.51. The van der Waals surface area contributed by atoms with E-state index in [9.17, 15) is 0 Å². The van der Waals surface area contributed by atoms with Crippen LogP contribution in [0.3, 0.4) is 0 Å². The van der Waals surface area contributed by atoms with E-state index < -0.39 is 0 Å². The first-order chi connectivity index (χ1) is 5.34. The molecule has 0 aromatic rings. The molecule has 0 aliphatic carbocycles. The zero-order valence-electron chi connectivity index (χ0n) is 6.71. The molecule has 1 aliphatic heterocycles. The Bertz CT molecular complexity index is 150. The summed E-state index contributed by atoms with van der Waals surface area (Å²) in [5.74, 6) is 0.412. The van der Waals surface area contributed by atoms with E-state index in [1.54, 1.807) is 0 Å². The van der Waals surface area contributed by atoms with Gasteiger partial charge in [-0.1, -0.05) is 0 Å². The summed E-state index contributed by atoms with van der Waals surface area (Å²) in [4.78, 5) is 0. The number of nitrogens with two attached hydrogens (primary N) is 1. The van der Waals surface area contributed by atoms with E-state index in [1.165, 1.54) is 0 Å². The highest BCUT2D eigenvalue weighted by atomic mass is 14.9. The standard InChI is InChI=1S/C8H15N3/c9-4-1-7-2-5-11-6-3-8(7)10/h7-8,11H,1-3,5-6,10H2/t7-,8+/m0/s1. The minimum absolute atomic E-state index is 0.227. The van der Waals surface area contributed by atoms with Crippen LogP contribution in [-0.4, -0.2) is 19.1 Å². The molecule has 1 heterocycles. The number of nitrogens with zero attached hydrogens (tertiary/aromatic N) is 1. The van der Waals surface area contributed by atoms with Crippen LogP contribution in [0, 0.1) is 17.2 Å². The van der Waals surface area contributed by atoms with Gasteiger partial charge in [0.2, 0.25) is 0 Å². The van der Waals surface area contributed by atoms with E-state index >= 15 is 0 Å². The summed E-state index contributed by atoms with van der Waals surface area (Å²) in [5.41, 5.74) is 5.87. The van der Waals surface area contributed by atoms with Crippen molar-refractivity contribution in [1.82, 2.24) is 5.32 Å². The van der Waals surface area contributed by atoms with Crippen molar-refractivity contribution >= 4 is 0 Å². The van der Waals surface area contributed by atoms with Gasteiger partial charge >= 0.3 is 0 Å². The maximum atomic E-state index is 8.50. The molecule has 0 spiro atoms. The molecule has 3 N–H and O–H groups in total. The molecule has 11 heavy (non-hydrogen) atoms. The van der Waals surface area contributed by atoms with Gasteiger partial charge < -0.3 is 11.1 Å². The van der Waals surface area contributed by atoms with Crippen LogP contribution in [0.2, 0.25) is 0 Å². The van der Waals surface area contributed by atoms with Gasteiger partial charge in [-0.3, -0.25) is 0 Å². The van der Waals surface area contributed by atoms with Crippen molar-refractivity contribution in [1.29, 1.82) is 5.26 Å². The van der Waals surface area contributed by atoms with E-state index in [2.05, 4.69) is 11.4 Å². The summed E-state index contributed by atoms with van der Waals surface area (Å²) in [5, 5.41) is 11.8. The Balaban J connectivity index is 2.40. The summed E-state index contributed by atoms with van der Waals surface area (Å²) in [6.07, 6.45) is 2.67. The molecule has 1 saturated heterocycles. The highest BCUT2D eigenvalue weighted by Crippen LogP contribution is 2.15. The van der Waals surface area contributed by atoms with Gasteiger partial charge in [0.05, 0.1) is 6.07 Å². The summed E-state index contributed by atoms with van der Waals surface area (Å²) in [6.45, 7) is 2.02. The lowest BCUT2D eigenvalue weighted by Gasteiger charge is -2.16. The minimum atomic E-state index is 0.227. The number of hydrogen-bond donors (Lipinski definition) is 2. The fraction of sp³-hybridized carbons (Fsp3) is 0.875. The van der Waals surface area contributed by atoms with Gasteiger partial charge in [0.15, 0.2) is 0 Å². The van der Waals surface area contributed by atoms with E-state index in [0.29, 0.717) is 12.3 Å². The van der Waals surface area contributed by atoms with Crippen LogP contribution in [0.4, 0.5) is 0 Å². The van der Waals surface area contributed by atoms with Crippen molar-refractivity contribution in [3.05, 3.63) is 0 Å². The van der Waals surface area contributed by atoms with Crippen molar-refractivity contribution < 1.29 is 0 Å². The number of nitriles is 1. The quantitative estimate of drug-likeness (QED) is 0.566. The van der Waals surface area contributed by atoms with E-state index in [0.717, 1.165) is 25.9 Å². The van der Waals surface area contributed by atoms with Crippen LogP contribution in [0.1, 0.15) is 19.3 Å². The van der Waals surface area contributed by atoms with Gasteiger partial charge in [-0.15, -0.1) is 0 Å². The Morgan fingerprint density at radius 2 is 2.18 bits per heavy atom. The van der Waals surface area contributed by atoms with E-state index in [1.807, 2.05) is 0 Å². The molecule has 0 bridgehead atoms. The zero-order valence-corrected chi connectivity index (χ0v) is 6.71. The predicted octanol–water partition coefficient (Wildman–Crippen LogP) is 0.227. The van der Waals surface area contributed by atoms with Crippen molar-refractivity contribution in [2.75, 3.05) is 13.1 Å². The van der Waals surface area contributed by atoms with Crippen molar-refractivity contribution in [2.24, 2.45) is 11.7 Å². The lowest BCUT2D eigenvalue weighted by molar-refractivity contribution is 0.415. The molecule has 0 radical (unpaired) electrons. The Morgan fingerprint density at radius 3 is 2.91 bits per heavy atom. The van der Waals surface area contributed by atoms with Crippen molar-refractivity contribution in [2.45, 2.75) is 25.3 Å². The second kappa shape index (κ2) is 4.32. The topological polar surface area (TPSA) is 61.8 Å². The second-order valence-electron chi connectivity index (χ2n) is 3.11. The predicted molar refractivity (Wildman–Crippen MR) is 43.8 cm³/mol. The highest BCUT2D eigenvalue weighted by molar-refractivity contribution is 4.85. The van der Waals surface area contributed by atoms with Crippen LogP contribution in [0.15, 0.2) is 0 Å². The third kappa shape index (κ3) is 2.49. The largest absolute Gasteiger partial charge is 0.327 e. The lowest BCUT2D eigenvalue weighted by Crippen LogP contribution is -2.29. The molecule has 2 atom stereocenters. The smallest absolute Gasteiger partial charge is 0.0625 e. The molecule has 1 aliphatic rings. The van der Waals surface area contributed by atoms with Gasteiger partial charge in [0.25, 0.3) is 0 Å². The molecule has 0 aromatic heterocycles. The van der Waals surface area contributed by atoms with Crippen LogP contribution in [0.5, 0.6) is 0 Å². The Kier molecular flexibility index (Phi) is 3.34. The molecule has 0 saturated carbocycles. The van der Waals surface area contributed by atoms with Crippen LogP contribution >= 0.6 is 0 Å². The fourth-order valence-electron chi connectivity index (χ4n) is 1.50. The maximum Gasteiger partial charge on any atom is 0.0625 e. The molecular formula is C8H15N3. The van der Waals surface area contributed by atoms with Gasteiger partial charge in [-0.2, -0.15) is 5.26 Å². The number of nitrogens with one attached hydrogen (secondary N) is 1. The zero-order chi connectivity index (χ0) is 8.10. The number of hydrogen-bond acceptors (Lipinski definition) is 3. The molecule has 1 rings (SSSR count). The molecule has 0 amide bonds. The Morgan fingerprint density at radius 1 is 1.45 bits per heavy atom. The first-order valence-corrected chi connectivity index (χ1v) is 4.18. The minimum Gasteiger partial charge on any atom is -0.327 e. The monoisotopic (exact) mass is 153 g/mol. The van der Waals surface area contributed by atoms with Crippen molar-refractivity contribution in [3.63, 3.8) is 0 Å². The molecule has 0 unspecified atom stereocenters. The van der Waals surface area contributed by atoms with Gasteiger partial charge in [0, 0.05) is 12.5 Å². The SMILES string of the molecule is N#CC[C@H]1CCNCC[C@H]1N. The summed E-state index contributed by atoms with van der Waals surface area (Å²) in [6, 6.07) is 2.41. The fourth-order valence-corrected chi connectivity index (χ4v) is 1.50. The summed E-state index contributed by atoms with van der Waals surface area (Å²) >= 11 is 0. The van der Waals surface area contributed by atoms with Crippen molar-refractivity contribution in [3.8, 4) is 6.07 Å². The van der Waals surface area contributed by atoms with E-state index in [4.69, 9.17) is 11.0 Å². The Hall–Kier alpha value is -0.590. The van der Waals surface area contributed by atoms with Gasteiger partial charge in [-0.25, -0.2) is 0 Å². The second-order valence-corrected chi connectivity index (χ2v) is 3.11. The highest BCUT2D eigenvalue weighted by Gasteiger charge is 2.19. The summed E-state index contributed by atoms with van der Waals surface area (Å²) < 4.78 is 0. The van der Waals surface area contributed by atoms with E-state index in [-0.39, 0.29) is 6.04 Å². The first-order valence-electron chi connectivity index (χ1n) is 4.18. The van der Waals surface area contributed by atoms with Gasteiger partial charge in [-0.05, 0) is 31.8 Å². The molecule has 3 heteroatoms. The van der Waals surface area contributed by atoms with Gasteiger partial charge in [0.1, 0.15) is 0 Å². The number of rotatable bonds is 1. The molecule has 0 aromatic carbocycles. The maximum absolute atomic E-state index is 8.50. The molecule has 3 nitrogen and oxygen atoms in total. The average molecular weight is 153 g/mol. The normalized spacial score (nSPS) is 32.4.